The summed E-state index contributed by atoms with van der Waals surface area (Å²) in [6.45, 7) is 17.8. The van der Waals surface area contributed by atoms with Gasteiger partial charge >= 0.3 is 17.9 Å². The lowest BCUT2D eigenvalue weighted by Crippen LogP contribution is -2.23. The first-order valence-corrected chi connectivity index (χ1v) is 11.8. The molecular weight excluding hydrogens is 470 g/mol. The van der Waals surface area contributed by atoms with E-state index in [1.165, 1.54) is 32.8 Å². The average Bonchev–Trinajstić information content (AvgIpc) is 2.85. The Hall–Kier alpha value is -3.27. The van der Waals surface area contributed by atoms with E-state index in [9.17, 15) is 24.0 Å². The number of amides is 1. The molecule has 0 spiro atoms. The summed E-state index contributed by atoms with van der Waals surface area (Å²) in [5.74, 6) is -1.46. The first kappa shape index (κ1) is 37.3. The quantitative estimate of drug-likeness (QED) is 0.105. The lowest BCUT2D eigenvalue weighted by atomic mass is 10.0. The highest BCUT2D eigenvalue weighted by molar-refractivity contribution is 5.94. The molecule has 10 heteroatoms. The van der Waals surface area contributed by atoms with Crippen LogP contribution in [0.15, 0.2) is 37.5 Å². The van der Waals surface area contributed by atoms with E-state index >= 15 is 0 Å². The van der Waals surface area contributed by atoms with Gasteiger partial charge in [0, 0.05) is 18.2 Å². The minimum atomic E-state index is -0.617. The lowest BCUT2D eigenvalue weighted by Gasteiger charge is -2.13. The molecule has 0 aliphatic rings. The predicted molar refractivity (Wildman–Crippen MR) is 137 cm³/mol. The Labute approximate surface area is 214 Å². The molecule has 0 aromatic heterocycles. The molecule has 206 valence electrons. The molecule has 1 atom stereocenters. The van der Waals surface area contributed by atoms with Gasteiger partial charge in [0.15, 0.2) is 0 Å². The van der Waals surface area contributed by atoms with Crippen molar-refractivity contribution in [3.8, 4) is 0 Å². The number of ether oxygens (including phenoxy) is 3. The number of unbranched alkanes of at least 4 members (excludes halogenated alkanes) is 1. The fraction of sp³-hybridized carbons (Fsp3) is 0.577. The van der Waals surface area contributed by atoms with Crippen molar-refractivity contribution < 1.29 is 43.3 Å². The normalized spacial score (nSPS) is 10.0. The monoisotopic (exact) mass is 513 g/mol. The standard InChI is InChI=1S/C11H20O2.C10H14O5.C5H9NO2/c1-4-7-8-10(5-2)9-13-11(12)6-3;1-7(2)10(13)15-5-4-14-9(12)6-8(3)11;1-2-5(8)6-3-4-7/h6,10H,3-5,7-9H2,1-2H3;1,4-6H2,2-3H3;2,7H,1,3-4H2,(H,6,8). The Bertz CT molecular complexity index is 702. The third kappa shape index (κ3) is 28.8. The average molecular weight is 514 g/mol. The molecule has 0 fully saturated rings. The van der Waals surface area contributed by atoms with Gasteiger partial charge in [-0.05, 0) is 32.3 Å². The Kier molecular flexibility index (Phi) is 27.3. The molecule has 1 amide bonds. The molecule has 0 saturated carbocycles. The van der Waals surface area contributed by atoms with Crippen molar-refractivity contribution in [3.05, 3.63) is 37.5 Å². The van der Waals surface area contributed by atoms with Crippen LogP contribution < -0.4 is 5.32 Å². The SMILES string of the molecule is C=C(C)C(=O)OCCOC(=O)CC(C)=O.C=CC(=O)NCCO.C=CC(=O)OCC(CC)CCCC. The first-order chi connectivity index (χ1) is 17.0. The van der Waals surface area contributed by atoms with Crippen LogP contribution in [0.25, 0.3) is 0 Å². The first-order valence-electron chi connectivity index (χ1n) is 11.8. The second kappa shape index (κ2) is 26.3. The summed E-state index contributed by atoms with van der Waals surface area (Å²) >= 11 is 0. The van der Waals surface area contributed by atoms with Gasteiger partial charge in [0.05, 0.1) is 13.2 Å². The third-order valence-electron chi connectivity index (χ3n) is 4.09. The minimum Gasteiger partial charge on any atom is -0.462 e. The summed E-state index contributed by atoms with van der Waals surface area (Å²) in [5, 5.41) is 10.5. The number of carbonyl (C=O) groups is 5. The molecule has 0 radical (unpaired) electrons. The van der Waals surface area contributed by atoms with Crippen LogP contribution in [0.1, 0.15) is 59.8 Å². The van der Waals surface area contributed by atoms with E-state index in [2.05, 4.69) is 48.4 Å². The van der Waals surface area contributed by atoms with Crippen molar-refractivity contribution in [1.82, 2.24) is 5.32 Å². The van der Waals surface area contributed by atoms with Gasteiger partial charge < -0.3 is 24.6 Å². The molecule has 2 N–H and O–H groups in total. The number of hydrogen-bond donors (Lipinski definition) is 2. The van der Waals surface area contributed by atoms with Crippen molar-refractivity contribution in [2.24, 2.45) is 5.92 Å². The molecule has 0 aliphatic heterocycles. The Morgan fingerprint density at radius 2 is 1.58 bits per heavy atom. The number of aliphatic hydroxyl groups excluding tert-OH is 1. The number of ketones is 1. The van der Waals surface area contributed by atoms with Gasteiger partial charge in [-0.2, -0.15) is 0 Å². The summed E-state index contributed by atoms with van der Waals surface area (Å²) in [6.07, 6.45) is 6.76. The molecule has 0 heterocycles. The van der Waals surface area contributed by atoms with Gasteiger partial charge in [0.2, 0.25) is 5.91 Å². The van der Waals surface area contributed by atoms with Gasteiger partial charge in [-0.1, -0.05) is 52.8 Å². The van der Waals surface area contributed by atoms with Gasteiger partial charge in [0.25, 0.3) is 0 Å². The van der Waals surface area contributed by atoms with Gasteiger partial charge in [-0.3, -0.25) is 14.4 Å². The Morgan fingerprint density at radius 3 is 2.03 bits per heavy atom. The van der Waals surface area contributed by atoms with Crippen molar-refractivity contribution in [3.63, 3.8) is 0 Å². The van der Waals surface area contributed by atoms with Crippen LogP contribution in [0.5, 0.6) is 0 Å². The fourth-order valence-corrected chi connectivity index (χ4v) is 2.08. The van der Waals surface area contributed by atoms with E-state index in [4.69, 9.17) is 9.84 Å². The highest BCUT2D eigenvalue weighted by Gasteiger charge is 2.08. The minimum absolute atomic E-state index is 0.0282. The molecule has 10 nitrogen and oxygen atoms in total. The van der Waals surface area contributed by atoms with E-state index < -0.39 is 11.9 Å². The van der Waals surface area contributed by atoms with E-state index in [0.717, 1.165) is 18.9 Å². The highest BCUT2D eigenvalue weighted by atomic mass is 16.6. The number of carbonyl (C=O) groups excluding carboxylic acids is 5. The van der Waals surface area contributed by atoms with E-state index in [0.29, 0.717) is 19.1 Å². The van der Waals surface area contributed by atoms with E-state index in [1.807, 2.05) is 0 Å². The van der Waals surface area contributed by atoms with Gasteiger partial charge in [-0.25, -0.2) is 9.59 Å². The zero-order valence-corrected chi connectivity index (χ0v) is 22.1. The second-order valence-electron chi connectivity index (χ2n) is 7.48. The summed E-state index contributed by atoms with van der Waals surface area (Å²) in [5.41, 5.74) is 0.282. The molecule has 0 aliphatic carbocycles. The van der Waals surface area contributed by atoms with Gasteiger partial charge in [-0.15, -0.1) is 0 Å². The molecule has 0 bridgehead atoms. The highest BCUT2D eigenvalue weighted by Crippen LogP contribution is 2.12. The number of hydrogen-bond acceptors (Lipinski definition) is 9. The van der Waals surface area contributed by atoms with Crippen LogP contribution in [0, 0.1) is 5.92 Å². The summed E-state index contributed by atoms with van der Waals surface area (Å²) in [6, 6.07) is 0. The summed E-state index contributed by atoms with van der Waals surface area (Å²) in [7, 11) is 0. The fourth-order valence-electron chi connectivity index (χ4n) is 2.08. The van der Waals surface area contributed by atoms with Crippen molar-refractivity contribution in [1.29, 1.82) is 0 Å². The van der Waals surface area contributed by atoms with Crippen molar-refractivity contribution in [2.45, 2.75) is 59.8 Å². The maximum atomic E-state index is 10.8. The van der Waals surface area contributed by atoms with E-state index in [1.54, 1.807) is 0 Å². The van der Waals surface area contributed by atoms with E-state index in [-0.39, 0.29) is 49.5 Å². The Balaban J connectivity index is -0.000000475. The Morgan fingerprint density at radius 1 is 0.972 bits per heavy atom. The van der Waals surface area contributed by atoms with Crippen molar-refractivity contribution in [2.75, 3.05) is 33.0 Å². The molecule has 0 rings (SSSR count). The predicted octanol–water partition coefficient (Wildman–Crippen LogP) is 2.84. The summed E-state index contributed by atoms with van der Waals surface area (Å²) in [4.78, 5) is 53.2. The molecule has 0 saturated heterocycles. The number of aliphatic hydroxyl groups is 1. The number of rotatable bonds is 16. The molecule has 36 heavy (non-hydrogen) atoms. The lowest BCUT2D eigenvalue weighted by molar-refractivity contribution is -0.151. The largest absolute Gasteiger partial charge is 0.462 e. The molecular formula is C26H43NO9. The maximum absolute atomic E-state index is 10.8. The zero-order chi connectivity index (χ0) is 28.4. The van der Waals surface area contributed by atoms with Crippen LogP contribution in [-0.2, 0) is 38.2 Å². The molecule has 0 aromatic rings. The van der Waals surface area contributed by atoms with Gasteiger partial charge in [0.1, 0.15) is 25.4 Å². The number of esters is 3. The van der Waals surface area contributed by atoms with Crippen molar-refractivity contribution >= 4 is 29.6 Å². The summed E-state index contributed by atoms with van der Waals surface area (Å²) < 4.78 is 14.3. The topological polar surface area (TPSA) is 145 Å². The van der Waals surface area contributed by atoms with Crippen LogP contribution in [0.3, 0.4) is 0 Å². The second-order valence-corrected chi connectivity index (χ2v) is 7.48. The van der Waals surface area contributed by atoms with Crippen LogP contribution in [-0.4, -0.2) is 67.7 Å². The van der Waals surface area contributed by atoms with Crippen LogP contribution in [0.2, 0.25) is 0 Å². The number of Topliss-reactive ketones (excluding diaryl/α,β-unsaturated/α-hetero) is 1. The third-order valence-corrected chi connectivity index (χ3v) is 4.09. The molecule has 0 aromatic carbocycles. The zero-order valence-electron chi connectivity index (χ0n) is 22.1. The number of nitrogens with one attached hydrogen (secondary N) is 1. The molecule has 1 unspecified atom stereocenters. The maximum Gasteiger partial charge on any atom is 0.333 e. The van der Waals surface area contributed by atoms with Crippen LogP contribution in [0.4, 0.5) is 0 Å². The van der Waals surface area contributed by atoms with Crippen LogP contribution >= 0.6 is 0 Å². The smallest absolute Gasteiger partial charge is 0.333 e.